The minimum atomic E-state index is -0.158. The Kier molecular flexibility index (Phi) is 4.86. The number of quaternary nitrogens is 1. The van der Waals surface area contributed by atoms with Crippen molar-refractivity contribution in [3.05, 3.63) is 58.8 Å². The number of para-hydroxylation sites is 1. The first kappa shape index (κ1) is 17.6. The van der Waals surface area contributed by atoms with Crippen LogP contribution in [0.4, 0.5) is 0 Å². The number of hydrogen-bond acceptors (Lipinski definition) is 4. The Morgan fingerprint density at radius 3 is 2.74 bits per heavy atom. The summed E-state index contributed by atoms with van der Waals surface area (Å²) in [6, 6.07) is 10.8. The van der Waals surface area contributed by atoms with E-state index in [-0.39, 0.29) is 17.3 Å². The third kappa shape index (κ3) is 3.43. The van der Waals surface area contributed by atoms with Crippen molar-refractivity contribution in [1.82, 2.24) is 0 Å². The zero-order chi connectivity index (χ0) is 18.8. The lowest BCUT2D eigenvalue weighted by atomic mass is 10.0. The molecule has 0 radical (unpaired) electrons. The number of carbonyl (C=O) groups is 1. The molecule has 2 aliphatic rings. The lowest BCUT2D eigenvalue weighted by Gasteiger charge is -2.15. The molecule has 1 fully saturated rings. The van der Waals surface area contributed by atoms with Crippen LogP contribution in [0, 0.1) is 0 Å². The molecule has 27 heavy (non-hydrogen) atoms. The van der Waals surface area contributed by atoms with E-state index >= 15 is 0 Å². The highest BCUT2D eigenvalue weighted by Gasteiger charge is 2.33. The van der Waals surface area contributed by atoms with Crippen LogP contribution in [0.25, 0.3) is 6.08 Å². The lowest BCUT2D eigenvalue weighted by molar-refractivity contribution is -0.901. The van der Waals surface area contributed by atoms with Crippen LogP contribution in [0.1, 0.15) is 41.3 Å². The maximum atomic E-state index is 12.8. The van der Waals surface area contributed by atoms with Crippen LogP contribution < -0.4 is 14.4 Å². The van der Waals surface area contributed by atoms with Gasteiger partial charge in [-0.25, -0.2) is 0 Å². The first-order valence-electron chi connectivity index (χ1n) is 9.52. The average Bonchev–Trinajstić information content (AvgIpc) is 3.28. The second-order valence-corrected chi connectivity index (χ2v) is 6.98. The van der Waals surface area contributed by atoms with E-state index in [2.05, 4.69) is 0 Å². The number of phenols is 1. The zero-order valence-corrected chi connectivity index (χ0v) is 15.5. The van der Waals surface area contributed by atoms with E-state index in [0.29, 0.717) is 30.2 Å². The molecule has 4 rings (SSSR count). The molecular weight excluding hydrogens is 342 g/mol. The summed E-state index contributed by atoms with van der Waals surface area (Å²) in [6.07, 6.45) is 4.12. The van der Waals surface area contributed by atoms with Crippen LogP contribution in [0.5, 0.6) is 17.2 Å². The van der Waals surface area contributed by atoms with Crippen molar-refractivity contribution in [3.63, 3.8) is 0 Å². The number of nitrogens with one attached hydrogen (secondary N) is 1. The predicted octanol–water partition coefficient (Wildman–Crippen LogP) is 2.59. The van der Waals surface area contributed by atoms with Crippen LogP contribution >= 0.6 is 0 Å². The third-order valence-electron chi connectivity index (χ3n) is 5.16. The number of aromatic hydroxyl groups is 1. The summed E-state index contributed by atoms with van der Waals surface area (Å²) in [5.74, 6) is 1.51. The van der Waals surface area contributed by atoms with Crippen molar-refractivity contribution in [3.8, 4) is 17.2 Å². The SMILES string of the molecule is CCOc1ccccc1/C=C1\Oc2c(ccc(O)c2C[NH+]2CCCC2)C1=O. The van der Waals surface area contributed by atoms with Gasteiger partial charge in [-0.3, -0.25) is 4.79 Å². The normalized spacial score (nSPS) is 18.0. The van der Waals surface area contributed by atoms with Gasteiger partial charge in [-0.1, -0.05) is 18.2 Å². The summed E-state index contributed by atoms with van der Waals surface area (Å²) in [5, 5.41) is 10.4. The maximum Gasteiger partial charge on any atom is 0.231 e. The molecule has 0 bridgehead atoms. The highest BCUT2D eigenvalue weighted by molar-refractivity contribution is 6.15. The number of ether oxygens (including phenoxy) is 2. The molecule has 0 amide bonds. The zero-order valence-electron chi connectivity index (χ0n) is 15.5. The third-order valence-corrected chi connectivity index (χ3v) is 5.16. The molecule has 2 aliphatic heterocycles. The maximum absolute atomic E-state index is 12.8. The summed E-state index contributed by atoms with van der Waals surface area (Å²) < 4.78 is 11.6. The smallest absolute Gasteiger partial charge is 0.231 e. The van der Waals surface area contributed by atoms with Crippen molar-refractivity contribution in [1.29, 1.82) is 0 Å². The molecule has 2 aromatic carbocycles. The van der Waals surface area contributed by atoms with Gasteiger partial charge in [-0.15, -0.1) is 0 Å². The van der Waals surface area contributed by atoms with Crippen LogP contribution in [-0.4, -0.2) is 30.6 Å². The number of Topliss-reactive ketones (excluding diaryl/α,β-unsaturated/α-hetero) is 1. The van der Waals surface area contributed by atoms with Gasteiger partial charge in [0, 0.05) is 18.4 Å². The number of likely N-dealkylation sites (tertiary alicyclic amines) is 1. The molecule has 0 aromatic heterocycles. The molecule has 0 spiro atoms. The van der Waals surface area contributed by atoms with Gasteiger partial charge < -0.3 is 19.5 Å². The molecule has 0 aliphatic carbocycles. The number of allylic oxidation sites excluding steroid dienone is 1. The van der Waals surface area contributed by atoms with Crippen LogP contribution in [-0.2, 0) is 6.54 Å². The predicted molar refractivity (Wildman–Crippen MR) is 102 cm³/mol. The lowest BCUT2D eigenvalue weighted by Crippen LogP contribution is -3.08. The largest absolute Gasteiger partial charge is 0.507 e. The number of phenolic OH excluding ortho intramolecular Hbond substituents is 1. The second kappa shape index (κ2) is 7.45. The second-order valence-electron chi connectivity index (χ2n) is 6.98. The quantitative estimate of drug-likeness (QED) is 0.799. The number of carbonyl (C=O) groups excluding carboxylic acids is 1. The topological polar surface area (TPSA) is 60.2 Å². The fraction of sp³-hybridized carbons (Fsp3) is 0.318. The van der Waals surface area contributed by atoms with E-state index in [4.69, 9.17) is 9.47 Å². The summed E-state index contributed by atoms with van der Waals surface area (Å²) in [4.78, 5) is 14.3. The number of benzene rings is 2. The fourth-order valence-corrected chi connectivity index (χ4v) is 3.80. The van der Waals surface area contributed by atoms with Gasteiger partial charge in [-0.2, -0.15) is 0 Å². The Hall–Kier alpha value is -2.79. The highest BCUT2D eigenvalue weighted by Crippen LogP contribution is 2.39. The molecule has 5 heteroatoms. The summed E-state index contributed by atoms with van der Waals surface area (Å²) >= 11 is 0. The van der Waals surface area contributed by atoms with Crippen LogP contribution in [0.3, 0.4) is 0 Å². The first-order chi connectivity index (χ1) is 13.2. The van der Waals surface area contributed by atoms with Gasteiger partial charge >= 0.3 is 0 Å². The molecule has 140 valence electrons. The molecule has 2 N–H and O–H groups in total. The van der Waals surface area contributed by atoms with Crippen LogP contribution in [0.15, 0.2) is 42.2 Å². The standard InChI is InChI=1S/C22H23NO4/c1-2-26-19-8-4-3-7-15(19)13-20-21(25)16-9-10-18(24)17(22(16)27-20)14-23-11-5-6-12-23/h3-4,7-10,13,24H,2,5-6,11-12,14H2,1H3/p+1/b20-13-. The molecular formula is C22H24NO4+. The Balaban J connectivity index is 1.68. The highest BCUT2D eigenvalue weighted by atomic mass is 16.5. The van der Waals surface area contributed by atoms with E-state index < -0.39 is 0 Å². The monoisotopic (exact) mass is 366 g/mol. The van der Waals surface area contributed by atoms with Gasteiger partial charge in [0.2, 0.25) is 5.78 Å². The summed E-state index contributed by atoms with van der Waals surface area (Å²) in [5.41, 5.74) is 2.03. The van der Waals surface area contributed by atoms with Crippen molar-refractivity contribution in [2.24, 2.45) is 0 Å². The van der Waals surface area contributed by atoms with Crippen molar-refractivity contribution in [2.45, 2.75) is 26.3 Å². The molecule has 0 unspecified atom stereocenters. The van der Waals surface area contributed by atoms with E-state index in [1.807, 2.05) is 31.2 Å². The first-order valence-corrected chi connectivity index (χ1v) is 9.52. The van der Waals surface area contributed by atoms with E-state index in [1.165, 1.54) is 17.7 Å². The Labute approximate surface area is 158 Å². The number of rotatable bonds is 5. The summed E-state index contributed by atoms with van der Waals surface area (Å²) in [7, 11) is 0. The fourth-order valence-electron chi connectivity index (χ4n) is 3.80. The summed E-state index contributed by atoms with van der Waals surface area (Å²) in [6.45, 7) is 5.31. The van der Waals surface area contributed by atoms with Gasteiger partial charge in [0.05, 0.1) is 30.8 Å². The van der Waals surface area contributed by atoms with Gasteiger partial charge in [0.15, 0.2) is 11.5 Å². The molecule has 0 saturated carbocycles. The average molecular weight is 366 g/mol. The Morgan fingerprint density at radius 1 is 1.19 bits per heavy atom. The van der Waals surface area contributed by atoms with Crippen molar-refractivity contribution < 1.29 is 24.3 Å². The van der Waals surface area contributed by atoms with Crippen molar-refractivity contribution >= 4 is 11.9 Å². The molecule has 2 aromatic rings. The van der Waals surface area contributed by atoms with Crippen LogP contribution in [0.2, 0.25) is 0 Å². The van der Waals surface area contributed by atoms with E-state index in [9.17, 15) is 9.90 Å². The number of hydrogen-bond donors (Lipinski definition) is 2. The molecule has 0 atom stereocenters. The van der Waals surface area contributed by atoms with E-state index in [0.717, 1.165) is 24.2 Å². The number of fused-ring (bicyclic) bond motifs is 1. The molecule has 2 heterocycles. The van der Waals surface area contributed by atoms with Crippen molar-refractivity contribution in [2.75, 3.05) is 19.7 Å². The number of ketones is 1. The Morgan fingerprint density at radius 2 is 1.96 bits per heavy atom. The molecule has 1 saturated heterocycles. The molecule has 5 nitrogen and oxygen atoms in total. The Bertz CT molecular complexity index is 897. The van der Waals surface area contributed by atoms with Gasteiger partial charge in [0.25, 0.3) is 0 Å². The minimum absolute atomic E-state index is 0.158. The van der Waals surface area contributed by atoms with Gasteiger partial charge in [0.1, 0.15) is 18.0 Å². The van der Waals surface area contributed by atoms with Gasteiger partial charge in [-0.05, 0) is 31.2 Å². The minimum Gasteiger partial charge on any atom is -0.507 e. The van der Waals surface area contributed by atoms with E-state index in [1.54, 1.807) is 18.2 Å².